The normalized spacial score (nSPS) is 30.8. The third-order valence-electron chi connectivity index (χ3n) is 7.65. The second-order valence-corrected chi connectivity index (χ2v) is 9.09. The highest BCUT2D eigenvalue weighted by Gasteiger charge is 2.57. The highest BCUT2D eigenvalue weighted by Crippen LogP contribution is 2.57. The number of phenols is 1. The lowest BCUT2D eigenvalue weighted by molar-refractivity contribution is -0.0258. The van der Waals surface area contributed by atoms with Crippen LogP contribution in [0.25, 0.3) is 0 Å². The zero-order valence-corrected chi connectivity index (χ0v) is 16.5. The molecule has 4 rings (SSSR count). The number of hydrogen-bond donors (Lipinski definition) is 1. The van der Waals surface area contributed by atoms with Crippen molar-refractivity contribution in [1.82, 2.24) is 14.7 Å². The van der Waals surface area contributed by atoms with E-state index in [1.807, 2.05) is 11.0 Å². The number of fused-ring (bicyclic) bond motifs is 4. The molecule has 2 aliphatic heterocycles. The van der Waals surface area contributed by atoms with E-state index in [9.17, 15) is 9.90 Å². The van der Waals surface area contributed by atoms with Gasteiger partial charge < -0.3 is 19.8 Å². The summed E-state index contributed by atoms with van der Waals surface area (Å²) in [5.74, 6) is 0.378. The summed E-state index contributed by atoms with van der Waals surface area (Å²) in [6, 6.07) is 6.21. The first-order valence-electron chi connectivity index (χ1n) is 9.81. The van der Waals surface area contributed by atoms with Crippen molar-refractivity contribution in [1.29, 1.82) is 0 Å². The summed E-state index contributed by atoms with van der Waals surface area (Å²) in [5.41, 5.74) is 2.25. The first-order chi connectivity index (χ1) is 12.3. The summed E-state index contributed by atoms with van der Waals surface area (Å²) in [4.78, 5) is 19.7. The number of benzene rings is 1. The van der Waals surface area contributed by atoms with E-state index in [1.54, 1.807) is 6.07 Å². The Bertz CT molecular complexity index is 724. The standard InChI is InChI=1S/C21H31N3O2/c1-20(2)18-14-15-16(6-5-7-17(15)25)21(20,3)8-9-24(18)19(26)23-12-10-22(4)11-13-23/h5-7,18,25H,8-14H2,1-4H3/t18-,21+/m0/s1. The SMILES string of the molecule is CN1CCN(C(=O)N2CC[C@]3(C)c4cccc(O)c4C[C@H]2C3(C)C)CC1. The molecule has 3 aliphatic rings. The fourth-order valence-electron chi connectivity index (χ4n) is 5.33. The van der Waals surface area contributed by atoms with Crippen molar-refractivity contribution in [2.75, 3.05) is 39.8 Å². The van der Waals surface area contributed by atoms with E-state index >= 15 is 0 Å². The van der Waals surface area contributed by atoms with Gasteiger partial charge in [-0.1, -0.05) is 32.9 Å². The predicted molar refractivity (Wildman–Crippen MR) is 103 cm³/mol. The summed E-state index contributed by atoms with van der Waals surface area (Å²) >= 11 is 0. The van der Waals surface area contributed by atoms with Gasteiger partial charge in [-0.05, 0) is 42.5 Å². The molecule has 5 heteroatoms. The fourth-order valence-corrected chi connectivity index (χ4v) is 5.33. The van der Waals surface area contributed by atoms with E-state index in [2.05, 4.69) is 43.7 Å². The Morgan fingerprint density at radius 2 is 1.81 bits per heavy atom. The maximum Gasteiger partial charge on any atom is 0.320 e. The van der Waals surface area contributed by atoms with Crippen molar-refractivity contribution in [3.8, 4) is 5.75 Å². The van der Waals surface area contributed by atoms with Crippen LogP contribution in [0.2, 0.25) is 0 Å². The van der Waals surface area contributed by atoms with Gasteiger partial charge in [-0.2, -0.15) is 0 Å². The van der Waals surface area contributed by atoms with Crippen molar-refractivity contribution in [3.05, 3.63) is 29.3 Å². The quantitative estimate of drug-likeness (QED) is 0.777. The van der Waals surface area contributed by atoms with Crippen LogP contribution in [0, 0.1) is 5.41 Å². The summed E-state index contributed by atoms with van der Waals surface area (Å²) in [6.07, 6.45) is 1.68. The van der Waals surface area contributed by atoms with E-state index in [1.165, 1.54) is 5.56 Å². The molecule has 26 heavy (non-hydrogen) atoms. The van der Waals surface area contributed by atoms with Gasteiger partial charge in [0.2, 0.25) is 0 Å². The molecule has 0 spiro atoms. The molecule has 0 unspecified atom stereocenters. The monoisotopic (exact) mass is 357 g/mol. The minimum absolute atomic E-state index is 0.0249. The number of urea groups is 1. The van der Waals surface area contributed by atoms with Crippen LogP contribution in [0.4, 0.5) is 4.79 Å². The fraction of sp³-hybridized carbons (Fsp3) is 0.667. The molecule has 0 radical (unpaired) electrons. The van der Waals surface area contributed by atoms with Crippen LogP contribution >= 0.6 is 0 Å². The van der Waals surface area contributed by atoms with Gasteiger partial charge in [0.25, 0.3) is 0 Å². The lowest BCUT2D eigenvalue weighted by Gasteiger charge is -2.61. The molecule has 5 nitrogen and oxygen atoms in total. The van der Waals surface area contributed by atoms with Crippen molar-refractivity contribution in [3.63, 3.8) is 0 Å². The number of piperazine rings is 1. The molecule has 2 saturated heterocycles. The van der Waals surface area contributed by atoms with E-state index in [-0.39, 0.29) is 22.9 Å². The Balaban J connectivity index is 1.68. The largest absolute Gasteiger partial charge is 0.508 e. The van der Waals surface area contributed by atoms with Crippen molar-refractivity contribution < 1.29 is 9.90 Å². The Morgan fingerprint density at radius 3 is 2.50 bits per heavy atom. The topological polar surface area (TPSA) is 47.0 Å². The lowest BCUT2D eigenvalue weighted by atomic mass is 9.51. The number of hydrogen-bond acceptors (Lipinski definition) is 3. The Labute approximate surface area is 156 Å². The van der Waals surface area contributed by atoms with Gasteiger partial charge in [0.05, 0.1) is 0 Å². The van der Waals surface area contributed by atoms with Crippen LogP contribution in [0.5, 0.6) is 5.75 Å². The second-order valence-electron chi connectivity index (χ2n) is 9.09. The summed E-state index contributed by atoms with van der Waals surface area (Å²) in [7, 11) is 2.11. The Morgan fingerprint density at radius 1 is 1.12 bits per heavy atom. The van der Waals surface area contributed by atoms with Crippen LogP contribution in [0.15, 0.2) is 18.2 Å². The van der Waals surface area contributed by atoms with Crippen LogP contribution in [0.1, 0.15) is 38.3 Å². The third-order valence-corrected chi connectivity index (χ3v) is 7.65. The summed E-state index contributed by atoms with van der Waals surface area (Å²) < 4.78 is 0. The average Bonchev–Trinajstić information content (AvgIpc) is 2.59. The zero-order chi connectivity index (χ0) is 18.7. The maximum absolute atomic E-state index is 13.3. The van der Waals surface area contributed by atoms with Crippen molar-refractivity contribution in [2.45, 2.75) is 45.1 Å². The molecule has 2 bridgehead atoms. The van der Waals surface area contributed by atoms with Gasteiger partial charge in [0, 0.05) is 44.2 Å². The summed E-state index contributed by atoms with van der Waals surface area (Å²) in [5, 5.41) is 10.5. The van der Waals surface area contributed by atoms with Crippen molar-refractivity contribution >= 4 is 6.03 Å². The van der Waals surface area contributed by atoms with Gasteiger partial charge >= 0.3 is 6.03 Å². The molecular weight excluding hydrogens is 326 g/mol. The van der Waals surface area contributed by atoms with Gasteiger partial charge in [-0.25, -0.2) is 4.79 Å². The molecule has 1 aliphatic carbocycles. The van der Waals surface area contributed by atoms with Crippen LogP contribution in [-0.2, 0) is 11.8 Å². The molecule has 1 N–H and O–H groups in total. The molecular formula is C21H31N3O2. The number of likely N-dealkylation sites (N-methyl/N-ethyl adjacent to an activating group) is 1. The number of carbonyl (C=O) groups excluding carboxylic acids is 1. The van der Waals surface area contributed by atoms with Crippen LogP contribution in [0.3, 0.4) is 0 Å². The number of rotatable bonds is 0. The third kappa shape index (κ3) is 2.36. The smallest absolute Gasteiger partial charge is 0.320 e. The average molecular weight is 357 g/mol. The Kier molecular flexibility index (Phi) is 3.99. The molecule has 2 amide bonds. The number of amides is 2. The van der Waals surface area contributed by atoms with Gasteiger partial charge in [-0.3, -0.25) is 0 Å². The second kappa shape index (κ2) is 5.88. The number of carbonyl (C=O) groups is 1. The minimum Gasteiger partial charge on any atom is -0.508 e. The van der Waals surface area contributed by atoms with Crippen molar-refractivity contribution in [2.24, 2.45) is 5.41 Å². The van der Waals surface area contributed by atoms with E-state index in [4.69, 9.17) is 0 Å². The highest BCUT2D eigenvalue weighted by molar-refractivity contribution is 5.76. The van der Waals surface area contributed by atoms with Gasteiger partial charge in [0.1, 0.15) is 5.75 Å². The molecule has 2 atom stereocenters. The van der Waals surface area contributed by atoms with Crippen LogP contribution in [-0.4, -0.2) is 71.7 Å². The Hall–Kier alpha value is -1.75. The number of piperidine rings is 1. The van der Waals surface area contributed by atoms with E-state index in [0.29, 0.717) is 5.75 Å². The number of nitrogens with zero attached hydrogens (tertiary/aromatic N) is 3. The van der Waals surface area contributed by atoms with Gasteiger partial charge in [-0.15, -0.1) is 0 Å². The molecule has 2 heterocycles. The summed E-state index contributed by atoms with van der Waals surface area (Å²) in [6.45, 7) is 11.2. The first kappa shape index (κ1) is 17.7. The molecule has 0 saturated carbocycles. The lowest BCUT2D eigenvalue weighted by Crippen LogP contribution is -2.67. The molecule has 2 fully saturated rings. The van der Waals surface area contributed by atoms with E-state index < -0.39 is 0 Å². The van der Waals surface area contributed by atoms with Gasteiger partial charge in [0.15, 0.2) is 0 Å². The number of phenolic OH excluding ortho intramolecular Hbond substituents is 1. The molecule has 1 aromatic rings. The van der Waals surface area contributed by atoms with E-state index in [0.717, 1.165) is 51.1 Å². The number of likely N-dealkylation sites (tertiary alicyclic amines) is 1. The minimum atomic E-state index is -0.0335. The van der Waals surface area contributed by atoms with Crippen LogP contribution < -0.4 is 0 Å². The highest BCUT2D eigenvalue weighted by atomic mass is 16.3. The predicted octanol–water partition coefficient (Wildman–Crippen LogP) is 2.67. The molecule has 0 aromatic heterocycles. The molecule has 1 aromatic carbocycles. The maximum atomic E-state index is 13.3. The first-order valence-corrected chi connectivity index (χ1v) is 9.81. The molecule has 142 valence electrons. The zero-order valence-electron chi connectivity index (χ0n) is 16.5. The number of aromatic hydroxyl groups is 1.